The fraction of sp³-hybridized carbons (Fsp3) is 0.216. The molecule has 1 fully saturated rings. The first-order valence-corrected chi connectivity index (χ1v) is 15.3. The predicted molar refractivity (Wildman–Crippen MR) is 176 cm³/mol. The van der Waals surface area contributed by atoms with Gasteiger partial charge in [0, 0.05) is 73.2 Å². The Kier molecular flexibility index (Phi) is 8.76. The topological polar surface area (TPSA) is 73.0 Å². The summed E-state index contributed by atoms with van der Waals surface area (Å²) >= 11 is 0. The average Bonchev–Trinajstić information content (AvgIpc) is 3.18. The molecule has 0 bridgehead atoms. The minimum absolute atomic E-state index is 0.154. The highest BCUT2D eigenvalue weighted by molar-refractivity contribution is 6.11. The number of carbonyl (C=O) groups is 3. The smallest absolute Gasteiger partial charge is 0.275 e. The first kappa shape index (κ1) is 30.9. The van der Waals surface area contributed by atoms with Crippen LogP contribution < -0.4 is 10.2 Å². The van der Waals surface area contributed by atoms with Crippen LogP contribution in [0, 0.1) is 0 Å². The first-order valence-electron chi connectivity index (χ1n) is 15.3. The molecule has 0 radical (unpaired) electrons. The zero-order chi connectivity index (χ0) is 32.3. The fourth-order valence-electron chi connectivity index (χ4n) is 5.88. The number of halogens is 2. The van der Waals surface area contributed by atoms with E-state index < -0.39 is 24.2 Å². The van der Waals surface area contributed by atoms with Gasteiger partial charge in [0.1, 0.15) is 0 Å². The number of para-hydroxylation sites is 1. The van der Waals surface area contributed by atoms with E-state index in [4.69, 9.17) is 0 Å². The number of nitrogens with zero attached hydrogens (tertiary/aromatic N) is 3. The van der Waals surface area contributed by atoms with E-state index >= 15 is 8.78 Å². The third-order valence-corrected chi connectivity index (χ3v) is 8.50. The number of piperazine rings is 1. The normalized spacial score (nSPS) is 17.2. The highest BCUT2D eigenvalue weighted by atomic mass is 19.3. The lowest BCUT2D eigenvalue weighted by atomic mass is 9.96. The lowest BCUT2D eigenvalue weighted by Crippen LogP contribution is -2.46. The maximum Gasteiger partial charge on any atom is 0.275 e. The van der Waals surface area contributed by atoms with Gasteiger partial charge in [0.15, 0.2) is 0 Å². The van der Waals surface area contributed by atoms with E-state index in [2.05, 4.69) is 10.2 Å². The second-order valence-electron chi connectivity index (χ2n) is 11.6. The summed E-state index contributed by atoms with van der Waals surface area (Å²) in [5.41, 5.74) is 3.07. The summed E-state index contributed by atoms with van der Waals surface area (Å²) in [6, 6.07) is 29.8. The van der Waals surface area contributed by atoms with Crippen molar-refractivity contribution < 1.29 is 23.2 Å². The molecule has 0 aliphatic carbocycles. The van der Waals surface area contributed by atoms with E-state index in [9.17, 15) is 14.4 Å². The number of amides is 3. The highest BCUT2D eigenvalue weighted by Gasteiger charge is 2.41. The monoisotopic (exact) mass is 620 g/mol. The summed E-state index contributed by atoms with van der Waals surface area (Å²) in [6.45, 7) is 2.04. The van der Waals surface area contributed by atoms with Gasteiger partial charge < -0.3 is 20.0 Å². The summed E-state index contributed by atoms with van der Waals surface area (Å²) in [4.78, 5) is 45.1. The standard InChI is InChI=1S/C37H34F2N4O3/c1-41-21-23-42(24-22-41)34(44)25-32-31-13-7-8-14-33(31)43(20-19-37(32,38)39)36(46)27-15-17-28(18-16-27)40-35(45)30-12-6-5-11-29(30)26-9-3-2-4-10-26/h2-18,25H,19-24H2,1H3,(H,40,45)/b32-25+. The lowest BCUT2D eigenvalue weighted by molar-refractivity contribution is -0.127. The van der Waals surface area contributed by atoms with Gasteiger partial charge in [-0.15, -0.1) is 0 Å². The van der Waals surface area contributed by atoms with Gasteiger partial charge in [-0.2, -0.15) is 0 Å². The molecule has 4 aromatic rings. The molecule has 4 aromatic carbocycles. The van der Waals surface area contributed by atoms with Crippen LogP contribution in [0.4, 0.5) is 20.2 Å². The Morgan fingerprint density at radius 1 is 0.739 bits per heavy atom. The number of anilines is 2. The molecule has 2 aliphatic rings. The van der Waals surface area contributed by atoms with Crippen molar-refractivity contribution in [1.29, 1.82) is 0 Å². The van der Waals surface area contributed by atoms with Gasteiger partial charge in [-0.1, -0.05) is 66.7 Å². The van der Waals surface area contributed by atoms with Crippen LogP contribution in [0.15, 0.2) is 109 Å². The molecule has 234 valence electrons. The maximum atomic E-state index is 15.7. The van der Waals surface area contributed by atoms with E-state index in [-0.39, 0.29) is 29.2 Å². The van der Waals surface area contributed by atoms with Crippen LogP contribution >= 0.6 is 0 Å². The Bertz CT molecular complexity index is 1780. The van der Waals surface area contributed by atoms with Gasteiger partial charge >= 0.3 is 0 Å². The van der Waals surface area contributed by atoms with Gasteiger partial charge in [0.2, 0.25) is 5.91 Å². The van der Waals surface area contributed by atoms with Crippen molar-refractivity contribution in [3.8, 4) is 11.1 Å². The number of carbonyl (C=O) groups excluding carboxylic acids is 3. The molecule has 9 heteroatoms. The Labute approximate surface area is 266 Å². The molecule has 0 aromatic heterocycles. The van der Waals surface area contributed by atoms with Crippen molar-refractivity contribution >= 4 is 34.7 Å². The van der Waals surface area contributed by atoms with E-state index in [1.54, 1.807) is 59.5 Å². The van der Waals surface area contributed by atoms with Crippen molar-refractivity contribution in [2.45, 2.75) is 12.3 Å². The summed E-state index contributed by atoms with van der Waals surface area (Å²) in [5, 5.41) is 2.89. The minimum Gasteiger partial charge on any atom is -0.337 e. The van der Waals surface area contributed by atoms with Crippen LogP contribution in [-0.4, -0.2) is 73.2 Å². The average molecular weight is 621 g/mol. The second kappa shape index (κ2) is 13.1. The molecule has 2 heterocycles. The van der Waals surface area contributed by atoms with Crippen LogP contribution in [0.5, 0.6) is 0 Å². The molecule has 1 N–H and O–H groups in total. The summed E-state index contributed by atoms with van der Waals surface area (Å²) in [6.07, 6.45) is 0.412. The van der Waals surface area contributed by atoms with Crippen molar-refractivity contribution in [2.75, 3.05) is 50.0 Å². The fourth-order valence-corrected chi connectivity index (χ4v) is 5.88. The molecule has 46 heavy (non-hydrogen) atoms. The zero-order valence-corrected chi connectivity index (χ0v) is 25.5. The molecule has 0 unspecified atom stereocenters. The van der Waals surface area contributed by atoms with Crippen molar-refractivity contribution in [3.63, 3.8) is 0 Å². The van der Waals surface area contributed by atoms with Crippen LogP contribution in [0.3, 0.4) is 0 Å². The third-order valence-electron chi connectivity index (χ3n) is 8.50. The third kappa shape index (κ3) is 6.46. The number of allylic oxidation sites excluding steroid dienone is 1. The number of benzene rings is 4. The molecule has 6 rings (SSSR count). The minimum atomic E-state index is -3.32. The molecular formula is C37H34F2N4O3. The summed E-state index contributed by atoms with van der Waals surface area (Å²) in [7, 11) is 1.96. The van der Waals surface area contributed by atoms with Crippen molar-refractivity contribution in [3.05, 3.63) is 126 Å². The molecule has 2 aliphatic heterocycles. The number of nitrogens with one attached hydrogen (secondary N) is 1. The molecule has 1 saturated heterocycles. The first-order chi connectivity index (χ1) is 22.2. The van der Waals surface area contributed by atoms with E-state index in [0.29, 0.717) is 43.1 Å². The number of fused-ring (bicyclic) bond motifs is 1. The van der Waals surface area contributed by atoms with Crippen molar-refractivity contribution in [1.82, 2.24) is 9.80 Å². The Morgan fingerprint density at radius 2 is 1.37 bits per heavy atom. The van der Waals surface area contributed by atoms with E-state index in [1.807, 2.05) is 49.5 Å². The maximum absolute atomic E-state index is 15.7. The van der Waals surface area contributed by atoms with Crippen LogP contribution in [0.25, 0.3) is 16.7 Å². The molecule has 0 spiro atoms. The van der Waals surface area contributed by atoms with Crippen LogP contribution in [0.1, 0.15) is 32.7 Å². The van der Waals surface area contributed by atoms with Crippen LogP contribution in [-0.2, 0) is 4.79 Å². The van der Waals surface area contributed by atoms with Crippen molar-refractivity contribution in [2.24, 2.45) is 0 Å². The van der Waals surface area contributed by atoms with Crippen LogP contribution in [0.2, 0.25) is 0 Å². The summed E-state index contributed by atoms with van der Waals surface area (Å²) < 4.78 is 31.3. The molecular weight excluding hydrogens is 586 g/mol. The number of alkyl halides is 2. The second-order valence-corrected chi connectivity index (χ2v) is 11.6. The van der Waals surface area contributed by atoms with Gasteiger partial charge in [-0.3, -0.25) is 14.4 Å². The van der Waals surface area contributed by atoms with E-state index in [1.165, 1.54) is 11.0 Å². The Morgan fingerprint density at radius 3 is 2.09 bits per heavy atom. The zero-order valence-electron chi connectivity index (χ0n) is 25.5. The van der Waals surface area contributed by atoms with E-state index in [0.717, 1.165) is 17.2 Å². The lowest BCUT2D eigenvalue weighted by Gasteiger charge is -2.32. The van der Waals surface area contributed by atoms with Gasteiger partial charge in [0.25, 0.3) is 17.7 Å². The van der Waals surface area contributed by atoms with Gasteiger partial charge in [-0.05, 0) is 54.6 Å². The van der Waals surface area contributed by atoms with Gasteiger partial charge in [0.05, 0.1) is 5.69 Å². The number of likely N-dealkylation sites (N-methyl/N-ethyl adjacent to an activating group) is 1. The molecule has 0 atom stereocenters. The number of hydrogen-bond acceptors (Lipinski definition) is 4. The largest absolute Gasteiger partial charge is 0.337 e. The van der Waals surface area contributed by atoms with Gasteiger partial charge in [-0.25, -0.2) is 8.78 Å². The predicted octanol–water partition coefficient (Wildman–Crippen LogP) is 6.45. The quantitative estimate of drug-likeness (QED) is 0.261. The molecule has 7 nitrogen and oxygen atoms in total. The highest BCUT2D eigenvalue weighted by Crippen LogP contribution is 2.43. The molecule has 0 saturated carbocycles. The SMILES string of the molecule is CN1CCN(C(=O)/C=C2\c3ccccc3N(C(=O)c3ccc(NC(=O)c4ccccc4-c4ccccc4)cc3)CCC2(F)F)CC1. The Hall–Kier alpha value is -5.15. The number of hydrogen-bond donors (Lipinski definition) is 1. The summed E-state index contributed by atoms with van der Waals surface area (Å²) in [5.74, 6) is -4.53. The molecule has 3 amide bonds. The number of rotatable bonds is 5. The Balaban J connectivity index is 1.23.